The number of hydrogen-bond donors (Lipinski definition) is 1. The average Bonchev–Trinajstić information content (AvgIpc) is 2.15. The summed E-state index contributed by atoms with van der Waals surface area (Å²) in [5.41, 5.74) is 8.09. The van der Waals surface area contributed by atoms with Gasteiger partial charge in [-0.25, -0.2) is 0 Å². The summed E-state index contributed by atoms with van der Waals surface area (Å²) in [6.07, 6.45) is 0. The molecule has 0 amide bonds. The lowest BCUT2D eigenvalue weighted by molar-refractivity contribution is -0.116. The molecule has 0 aromatic heterocycles. The van der Waals surface area contributed by atoms with Crippen LogP contribution in [0.2, 0.25) is 0 Å². The Morgan fingerprint density at radius 2 is 2.21 bits per heavy atom. The summed E-state index contributed by atoms with van der Waals surface area (Å²) >= 11 is 9.00. The minimum Gasteiger partial charge on any atom is -0.399 e. The Bertz CT molecular complexity index is 354. The van der Waals surface area contributed by atoms with Crippen LogP contribution >= 0.6 is 27.5 Å². The highest BCUT2D eigenvalue weighted by Crippen LogP contribution is 2.27. The molecule has 0 radical (unpaired) electrons. The fourth-order valence-corrected chi connectivity index (χ4v) is 1.62. The first kappa shape index (κ1) is 11.5. The van der Waals surface area contributed by atoms with Crippen molar-refractivity contribution >= 4 is 39.0 Å². The number of anilines is 1. The van der Waals surface area contributed by atoms with E-state index in [0.29, 0.717) is 11.6 Å². The van der Waals surface area contributed by atoms with Crippen molar-refractivity contribution in [2.24, 2.45) is 0 Å². The summed E-state index contributed by atoms with van der Waals surface area (Å²) < 4.78 is 0. The third-order valence-electron chi connectivity index (χ3n) is 1.84. The SMILES string of the molecule is CC(=O)C(Br)c1cc(N)cc(CCl)c1. The molecule has 4 heteroatoms. The fourth-order valence-electron chi connectivity index (χ4n) is 1.20. The van der Waals surface area contributed by atoms with E-state index >= 15 is 0 Å². The minimum absolute atomic E-state index is 0.0520. The fraction of sp³-hybridized carbons (Fsp3) is 0.300. The van der Waals surface area contributed by atoms with E-state index in [1.165, 1.54) is 6.92 Å². The molecule has 0 heterocycles. The van der Waals surface area contributed by atoms with E-state index in [9.17, 15) is 4.79 Å². The van der Waals surface area contributed by atoms with Gasteiger partial charge in [0.05, 0.1) is 4.83 Å². The zero-order valence-electron chi connectivity index (χ0n) is 7.76. The van der Waals surface area contributed by atoms with Crippen LogP contribution in [0.25, 0.3) is 0 Å². The van der Waals surface area contributed by atoms with Gasteiger partial charge in [0.15, 0.2) is 0 Å². The van der Waals surface area contributed by atoms with E-state index in [4.69, 9.17) is 17.3 Å². The Kier molecular flexibility index (Phi) is 3.96. The third kappa shape index (κ3) is 2.72. The predicted molar refractivity (Wildman–Crippen MR) is 62.8 cm³/mol. The molecule has 14 heavy (non-hydrogen) atoms. The molecule has 2 nitrogen and oxygen atoms in total. The van der Waals surface area contributed by atoms with E-state index < -0.39 is 0 Å². The number of benzene rings is 1. The second kappa shape index (κ2) is 4.80. The number of carbonyl (C=O) groups excluding carboxylic acids is 1. The van der Waals surface area contributed by atoms with Crippen molar-refractivity contribution in [1.29, 1.82) is 0 Å². The molecule has 1 unspecified atom stereocenters. The number of ketones is 1. The van der Waals surface area contributed by atoms with Crippen molar-refractivity contribution in [2.75, 3.05) is 5.73 Å². The first-order chi connectivity index (χ1) is 6.54. The van der Waals surface area contributed by atoms with Gasteiger partial charge in [-0.15, -0.1) is 11.6 Å². The Labute approximate surface area is 96.6 Å². The van der Waals surface area contributed by atoms with Gasteiger partial charge in [0.2, 0.25) is 0 Å². The third-order valence-corrected chi connectivity index (χ3v) is 3.32. The Balaban J connectivity index is 3.08. The van der Waals surface area contributed by atoms with Crippen LogP contribution in [-0.4, -0.2) is 5.78 Å². The van der Waals surface area contributed by atoms with E-state index in [-0.39, 0.29) is 10.6 Å². The van der Waals surface area contributed by atoms with Gasteiger partial charge in [-0.3, -0.25) is 4.79 Å². The molecule has 0 bridgehead atoms. The first-order valence-corrected chi connectivity index (χ1v) is 5.59. The highest BCUT2D eigenvalue weighted by molar-refractivity contribution is 9.09. The van der Waals surface area contributed by atoms with Gasteiger partial charge in [0.1, 0.15) is 5.78 Å². The van der Waals surface area contributed by atoms with Gasteiger partial charge < -0.3 is 5.73 Å². The quantitative estimate of drug-likeness (QED) is 0.681. The molecule has 1 rings (SSSR count). The van der Waals surface area contributed by atoms with Gasteiger partial charge >= 0.3 is 0 Å². The number of hydrogen-bond acceptors (Lipinski definition) is 2. The largest absolute Gasteiger partial charge is 0.399 e. The maximum absolute atomic E-state index is 11.1. The minimum atomic E-state index is -0.298. The molecule has 0 aliphatic rings. The molecular weight excluding hydrogens is 265 g/mol. The Morgan fingerprint density at radius 1 is 1.57 bits per heavy atom. The van der Waals surface area contributed by atoms with Crippen LogP contribution in [0.5, 0.6) is 0 Å². The summed E-state index contributed by atoms with van der Waals surface area (Å²) in [7, 11) is 0. The molecule has 0 fully saturated rings. The van der Waals surface area contributed by atoms with Gasteiger partial charge in [0.25, 0.3) is 0 Å². The molecule has 0 saturated heterocycles. The lowest BCUT2D eigenvalue weighted by atomic mass is 10.1. The Hall–Kier alpha value is -0.540. The van der Waals surface area contributed by atoms with Crippen LogP contribution < -0.4 is 5.73 Å². The summed E-state index contributed by atoms with van der Waals surface area (Å²) in [6.45, 7) is 1.53. The van der Waals surface area contributed by atoms with Gasteiger partial charge in [0, 0.05) is 11.6 Å². The van der Waals surface area contributed by atoms with Crippen molar-refractivity contribution in [2.45, 2.75) is 17.6 Å². The maximum Gasteiger partial charge on any atom is 0.147 e. The normalized spacial score (nSPS) is 12.5. The number of nitrogen functional groups attached to an aromatic ring is 1. The molecular formula is C10H11BrClNO. The zero-order chi connectivity index (χ0) is 10.7. The topological polar surface area (TPSA) is 43.1 Å². The maximum atomic E-state index is 11.1. The summed E-state index contributed by atoms with van der Waals surface area (Å²) in [4.78, 5) is 10.8. The van der Waals surface area contributed by atoms with Crippen LogP contribution in [0.3, 0.4) is 0 Å². The van der Waals surface area contributed by atoms with Crippen molar-refractivity contribution in [3.8, 4) is 0 Å². The molecule has 0 spiro atoms. The summed E-state index contributed by atoms with van der Waals surface area (Å²) in [6, 6.07) is 5.46. The van der Waals surface area contributed by atoms with Gasteiger partial charge in [-0.05, 0) is 30.2 Å². The molecule has 2 N–H and O–H groups in total. The summed E-state index contributed by atoms with van der Waals surface area (Å²) in [5.74, 6) is 0.450. The van der Waals surface area contributed by atoms with Gasteiger partial charge in [-0.2, -0.15) is 0 Å². The molecule has 1 aromatic rings. The smallest absolute Gasteiger partial charge is 0.147 e. The highest BCUT2D eigenvalue weighted by atomic mass is 79.9. The van der Waals surface area contributed by atoms with E-state index in [1.807, 2.05) is 6.07 Å². The number of Topliss-reactive ketones (excluding diaryl/α,β-unsaturated/α-hetero) is 1. The van der Waals surface area contributed by atoms with Gasteiger partial charge in [-0.1, -0.05) is 22.0 Å². The summed E-state index contributed by atoms with van der Waals surface area (Å²) in [5, 5.41) is 0. The number of alkyl halides is 2. The standard InChI is InChI=1S/C10H11BrClNO/c1-6(14)10(11)8-2-7(5-12)3-9(13)4-8/h2-4,10H,5,13H2,1H3. The van der Waals surface area contributed by atoms with Crippen LogP contribution in [0.15, 0.2) is 18.2 Å². The highest BCUT2D eigenvalue weighted by Gasteiger charge is 2.13. The zero-order valence-corrected chi connectivity index (χ0v) is 10.1. The predicted octanol–water partition coefficient (Wildman–Crippen LogP) is 3.03. The van der Waals surface area contributed by atoms with Crippen molar-refractivity contribution in [3.63, 3.8) is 0 Å². The van der Waals surface area contributed by atoms with E-state index in [0.717, 1.165) is 11.1 Å². The second-order valence-corrected chi connectivity index (χ2v) is 4.30. The molecule has 1 aromatic carbocycles. The molecule has 0 aliphatic heterocycles. The molecule has 1 atom stereocenters. The van der Waals surface area contributed by atoms with E-state index in [2.05, 4.69) is 15.9 Å². The number of halogens is 2. The number of rotatable bonds is 3. The number of nitrogens with two attached hydrogens (primary N) is 1. The second-order valence-electron chi connectivity index (χ2n) is 3.11. The van der Waals surface area contributed by atoms with Crippen LogP contribution in [0.4, 0.5) is 5.69 Å². The Morgan fingerprint density at radius 3 is 2.71 bits per heavy atom. The van der Waals surface area contributed by atoms with Crippen LogP contribution in [0, 0.1) is 0 Å². The lowest BCUT2D eigenvalue weighted by Crippen LogP contribution is -2.02. The van der Waals surface area contributed by atoms with Crippen LogP contribution in [0.1, 0.15) is 22.9 Å². The van der Waals surface area contributed by atoms with Crippen molar-refractivity contribution in [3.05, 3.63) is 29.3 Å². The number of carbonyl (C=O) groups is 1. The van der Waals surface area contributed by atoms with Crippen LogP contribution in [-0.2, 0) is 10.7 Å². The monoisotopic (exact) mass is 275 g/mol. The lowest BCUT2D eigenvalue weighted by Gasteiger charge is -2.09. The molecule has 0 aliphatic carbocycles. The first-order valence-electron chi connectivity index (χ1n) is 4.14. The average molecular weight is 277 g/mol. The molecule has 76 valence electrons. The van der Waals surface area contributed by atoms with E-state index in [1.54, 1.807) is 12.1 Å². The molecule has 0 saturated carbocycles. The van der Waals surface area contributed by atoms with Crippen molar-refractivity contribution in [1.82, 2.24) is 0 Å². The van der Waals surface area contributed by atoms with Crippen molar-refractivity contribution < 1.29 is 4.79 Å².